The van der Waals surface area contributed by atoms with Gasteiger partial charge in [-0.3, -0.25) is 4.79 Å². The molecule has 3 aromatic rings. The molecule has 2 N–H and O–H groups in total. The smallest absolute Gasteiger partial charge is 0.235 e. The third-order valence-corrected chi connectivity index (χ3v) is 5.55. The number of piperidine rings is 1. The van der Waals surface area contributed by atoms with Crippen molar-refractivity contribution in [3.63, 3.8) is 0 Å². The standard InChI is InChI=1S/C23H25NO5/c1-15-5-4-10-24(12-15)13-19-20(25)9-8-18-22(26)21(14-28-23(18)19)29-17-7-3-6-16(11-17)27-2/h3,6-9,11,14-15,25H,4-5,10,12-13H2,1-2H3/p+1/t15-/m0/s1. The predicted molar refractivity (Wildman–Crippen MR) is 110 cm³/mol. The molecule has 0 radical (unpaired) electrons. The second-order valence-electron chi connectivity index (χ2n) is 7.78. The number of hydrogen-bond donors (Lipinski definition) is 2. The van der Waals surface area contributed by atoms with E-state index in [1.165, 1.54) is 24.0 Å². The maximum absolute atomic E-state index is 13.0. The quantitative estimate of drug-likeness (QED) is 0.693. The Morgan fingerprint density at radius 2 is 2.07 bits per heavy atom. The zero-order chi connectivity index (χ0) is 20.4. The largest absolute Gasteiger partial charge is 0.507 e. The van der Waals surface area contributed by atoms with Gasteiger partial charge >= 0.3 is 0 Å². The Morgan fingerprint density at radius 1 is 1.24 bits per heavy atom. The van der Waals surface area contributed by atoms with E-state index in [4.69, 9.17) is 13.9 Å². The lowest BCUT2D eigenvalue weighted by Crippen LogP contribution is -3.12. The number of ether oxygens (including phenoxy) is 2. The third-order valence-electron chi connectivity index (χ3n) is 5.55. The molecule has 2 heterocycles. The first-order valence-corrected chi connectivity index (χ1v) is 9.97. The number of phenols is 1. The van der Waals surface area contributed by atoms with E-state index < -0.39 is 0 Å². The van der Waals surface area contributed by atoms with Crippen LogP contribution in [0.4, 0.5) is 0 Å². The molecule has 6 nitrogen and oxygen atoms in total. The zero-order valence-electron chi connectivity index (χ0n) is 16.7. The van der Waals surface area contributed by atoms with Crippen LogP contribution < -0.4 is 19.8 Å². The first kappa shape index (κ1) is 19.3. The lowest BCUT2D eigenvalue weighted by Gasteiger charge is -2.28. The fourth-order valence-electron chi connectivity index (χ4n) is 4.07. The molecule has 0 aliphatic carbocycles. The summed E-state index contributed by atoms with van der Waals surface area (Å²) in [6.45, 7) is 5.00. The van der Waals surface area contributed by atoms with E-state index in [-0.39, 0.29) is 16.9 Å². The van der Waals surface area contributed by atoms with Gasteiger partial charge in [-0.25, -0.2) is 0 Å². The number of aromatic hydroxyl groups is 1. The average molecular weight is 396 g/mol. The molecule has 6 heteroatoms. The van der Waals surface area contributed by atoms with Gasteiger partial charge in [0.25, 0.3) is 0 Å². The summed E-state index contributed by atoms with van der Waals surface area (Å²) < 4.78 is 16.7. The van der Waals surface area contributed by atoms with Crippen molar-refractivity contribution in [3.05, 3.63) is 58.4 Å². The highest BCUT2D eigenvalue weighted by Gasteiger charge is 2.24. The first-order chi connectivity index (χ1) is 14.0. The average Bonchev–Trinajstić information content (AvgIpc) is 2.72. The zero-order valence-corrected chi connectivity index (χ0v) is 16.7. The molecular weight excluding hydrogens is 370 g/mol. The van der Waals surface area contributed by atoms with Crippen molar-refractivity contribution < 1.29 is 23.9 Å². The van der Waals surface area contributed by atoms with Gasteiger partial charge in [0, 0.05) is 12.0 Å². The third kappa shape index (κ3) is 4.07. The molecule has 2 atom stereocenters. The van der Waals surface area contributed by atoms with Crippen LogP contribution in [-0.4, -0.2) is 25.3 Å². The minimum atomic E-state index is -0.266. The number of likely N-dealkylation sites (tertiary alicyclic amines) is 1. The van der Waals surface area contributed by atoms with Crippen LogP contribution in [0.5, 0.6) is 23.0 Å². The highest BCUT2D eigenvalue weighted by molar-refractivity contribution is 5.82. The van der Waals surface area contributed by atoms with E-state index in [1.54, 1.807) is 43.5 Å². The number of methoxy groups -OCH3 is 1. The SMILES string of the molecule is COc1cccc(Oc2coc3c(C[NH+]4CCC[C@H](C)C4)c(O)ccc3c2=O)c1. The maximum atomic E-state index is 13.0. The van der Waals surface area contributed by atoms with Crippen molar-refractivity contribution in [1.82, 2.24) is 0 Å². The Bertz CT molecular complexity index is 1070. The Balaban J connectivity index is 1.67. The van der Waals surface area contributed by atoms with Crippen molar-refractivity contribution in [2.45, 2.75) is 26.3 Å². The molecule has 1 unspecified atom stereocenters. The van der Waals surface area contributed by atoms with Gasteiger partial charge < -0.3 is 23.9 Å². The second kappa shape index (κ2) is 8.17. The number of rotatable bonds is 5. The van der Waals surface area contributed by atoms with Gasteiger partial charge in [-0.15, -0.1) is 0 Å². The lowest BCUT2D eigenvalue weighted by atomic mass is 9.99. The monoisotopic (exact) mass is 396 g/mol. The lowest BCUT2D eigenvalue weighted by molar-refractivity contribution is -0.922. The van der Waals surface area contributed by atoms with Crippen LogP contribution in [0.15, 0.2) is 51.9 Å². The van der Waals surface area contributed by atoms with Gasteiger partial charge in [0.15, 0.2) is 5.58 Å². The maximum Gasteiger partial charge on any atom is 0.235 e. The number of benzene rings is 2. The van der Waals surface area contributed by atoms with Crippen LogP contribution in [0.2, 0.25) is 0 Å². The van der Waals surface area contributed by atoms with E-state index in [1.807, 2.05) is 0 Å². The molecule has 0 saturated carbocycles. The molecule has 1 aromatic heterocycles. The predicted octanol–water partition coefficient (Wildman–Crippen LogP) is 3.11. The van der Waals surface area contributed by atoms with E-state index in [0.29, 0.717) is 40.5 Å². The molecular formula is C23H26NO5+. The van der Waals surface area contributed by atoms with Gasteiger partial charge in [-0.05, 0) is 37.1 Å². The topological polar surface area (TPSA) is 73.3 Å². The molecule has 2 aromatic carbocycles. The van der Waals surface area contributed by atoms with E-state index in [0.717, 1.165) is 13.1 Å². The number of phenolic OH excluding ortho intramolecular Hbond substituents is 1. The van der Waals surface area contributed by atoms with E-state index in [9.17, 15) is 9.90 Å². The van der Waals surface area contributed by atoms with Gasteiger partial charge in [-0.2, -0.15) is 0 Å². The van der Waals surface area contributed by atoms with Crippen LogP contribution >= 0.6 is 0 Å². The van der Waals surface area contributed by atoms with Gasteiger partial charge in [0.1, 0.15) is 30.1 Å². The number of fused-ring (bicyclic) bond motifs is 1. The van der Waals surface area contributed by atoms with Crippen molar-refractivity contribution in [2.24, 2.45) is 5.92 Å². The highest BCUT2D eigenvalue weighted by Crippen LogP contribution is 2.29. The summed E-state index contributed by atoms with van der Waals surface area (Å²) in [6.07, 6.45) is 3.73. The minimum absolute atomic E-state index is 0.0985. The summed E-state index contributed by atoms with van der Waals surface area (Å²) in [5.41, 5.74) is 0.840. The number of hydrogen-bond acceptors (Lipinski definition) is 5. The summed E-state index contributed by atoms with van der Waals surface area (Å²) in [5, 5.41) is 10.8. The van der Waals surface area contributed by atoms with Crippen LogP contribution in [0.1, 0.15) is 25.3 Å². The Morgan fingerprint density at radius 3 is 2.86 bits per heavy atom. The van der Waals surface area contributed by atoms with Crippen LogP contribution in [-0.2, 0) is 6.54 Å². The second-order valence-corrected chi connectivity index (χ2v) is 7.78. The Labute approximate surface area is 169 Å². The van der Waals surface area contributed by atoms with Crippen LogP contribution in [0.3, 0.4) is 0 Å². The molecule has 1 saturated heterocycles. The summed E-state index contributed by atoms with van der Waals surface area (Å²) >= 11 is 0. The van der Waals surface area contributed by atoms with Crippen molar-refractivity contribution in [2.75, 3.05) is 20.2 Å². The molecule has 29 heavy (non-hydrogen) atoms. The van der Waals surface area contributed by atoms with Gasteiger partial charge in [0.05, 0.1) is 31.1 Å². The van der Waals surface area contributed by atoms with Crippen LogP contribution in [0.25, 0.3) is 11.0 Å². The Hall–Kier alpha value is -2.99. The summed E-state index contributed by atoms with van der Waals surface area (Å²) in [4.78, 5) is 14.4. The van der Waals surface area contributed by atoms with Gasteiger partial charge in [0.2, 0.25) is 11.2 Å². The molecule has 152 valence electrons. The fraction of sp³-hybridized carbons (Fsp3) is 0.348. The van der Waals surface area contributed by atoms with Crippen molar-refractivity contribution in [1.29, 1.82) is 0 Å². The first-order valence-electron chi connectivity index (χ1n) is 9.97. The fourth-order valence-corrected chi connectivity index (χ4v) is 4.07. The molecule has 0 spiro atoms. The number of quaternary nitrogens is 1. The van der Waals surface area contributed by atoms with E-state index >= 15 is 0 Å². The molecule has 4 rings (SSSR count). The summed E-state index contributed by atoms with van der Waals surface area (Å²) in [6, 6.07) is 10.2. The summed E-state index contributed by atoms with van der Waals surface area (Å²) in [7, 11) is 1.57. The normalized spacial score (nSPS) is 19.2. The molecule has 0 amide bonds. The molecule has 1 aliphatic rings. The van der Waals surface area contributed by atoms with Gasteiger partial charge in [-0.1, -0.05) is 13.0 Å². The highest BCUT2D eigenvalue weighted by atomic mass is 16.5. The number of nitrogens with one attached hydrogen (secondary N) is 1. The van der Waals surface area contributed by atoms with E-state index in [2.05, 4.69) is 6.92 Å². The molecule has 1 aliphatic heterocycles. The summed E-state index contributed by atoms with van der Waals surface area (Å²) in [5.74, 6) is 2.04. The Kier molecular flexibility index (Phi) is 5.45. The van der Waals surface area contributed by atoms with Crippen LogP contribution in [0, 0.1) is 5.92 Å². The van der Waals surface area contributed by atoms with Crippen molar-refractivity contribution >= 4 is 11.0 Å². The molecule has 1 fully saturated rings. The van der Waals surface area contributed by atoms with Crippen molar-refractivity contribution in [3.8, 4) is 23.0 Å². The minimum Gasteiger partial charge on any atom is -0.507 e. The molecule has 0 bridgehead atoms.